The summed E-state index contributed by atoms with van der Waals surface area (Å²) >= 11 is 0. The van der Waals surface area contributed by atoms with Crippen LogP contribution in [0, 0.1) is 0 Å². The number of hydrogen-bond acceptors (Lipinski definition) is 3. The molecule has 5 nitrogen and oxygen atoms in total. The van der Waals surface area contributed by atoms with E-state index in [-0.39, 0.29) is 12.5 Å². The second kappa shape index (κ2) is 6.33. The summed E-state index contributed by atoms with van der Waals surface area (Å²) in [6.07, 6.45) is 2.07. The molecule has 0 aliphatic carbocycles. The minimum Gasteiger partial charge on any atom is -0.351 e. The molecule has 0 unspecified atom stereocenters. The molecule has 3 amide bonds. The quantitative estimate of drug-likeness (QED) is 0.854. The molecule has 0 bridgehead atoms. The van der Waals surface area contributed by atoms with Crippen LogP contribution in [-0.2, 0) is 4.79 Å². The minimum absolute atomic E-state index is 0.241. The monoisotopic (exact) mass is 261 g/mol. The average molecular weight is 261 g/mol. The number of benzene rings is 1. The molecule has 1 aromatic carbocycles. The first-order valence-corrected chi connectivity index (χ1v) is 6.52. The highest BCUT2D eigenvalue weighted by molar-refractivity contribution is 5.94. The molecule has 2 rings (SSSR count). The summed E-state index contributed by atoms with van der Waals surface area (Å²) in [4.78, 5) is 24.0. The Balaban J connectivity index is 1.80. The number of nitrogens with zero attached hydrogens (tertiary/aromatic N) is 1. The van der Waals surface area contributed by atoms with Crippen LogP contribution in [0.25, 0.3) is 0 Å². The molecule has 1 aliphatic heterocycles. The Labute approximate surface area is 112 Å². The number of piperidine rings is 1. The van der Waals surface area contributed by atoms with Gasteiger partial charge in [0.15, 0.2) is 0 Å². The third-order valence-electron chi connectivity index (χ3n) is 3.49. The zero-order valence-corrected chi connectivity index (χ0v) is 10.8. The van der Waals surface area contributed by atoms with Crippen molar-refractivity contribution in [3.8, 4) is 0 Å². The molecule has 3 N–H and O–H groups in total. The minimum atomic E-state index is -0.788. The second-order valence-corrected chi connectivity index (χ2v) is 4.87. The van der Waals surface area contributed by atoms with Gasteiger partial charge in [-0.15, -0.1) is 0 Å². The number of hydrogen-bond donors (Lipinski definition) is 2. The van der Waals surface area contributed by atoms with Crippen molar-refractivity contribution < 1.29 is 9.59 Å². The predicted molar refractivity (Wildman–Crippen MR) is 72.6 cm³/mol. The zero-order valence-electron chi connectivity index (χ0n) is 10.8. The molecule has 0 atom stereocenters. The van der Waals surface area contributed by atoms with Crippen molar-refractivity contribution in [2.45, 2.75) is 18.8 Å². The van der Waals surface area contributed by atoms with Crippen LogP contribution in [0.15, 0.2) is 30.3 Å². The topological polar surface area (TPSA) is 75.4 Å². The van der Waals surface area contributed by atoms with Gasteiger partial charge in [-0.3, -0.25) is 15.0 Å². The summed E-state index contributed by atoms with van der Waals surface area (Å²) in [5.74, 6) is 0.238. The number of imide groups is 1. The lowest BCUT2D eigenvalue weighted by molar-refractivity contribution is -0.121. The fourth-order valence-electron chi connectivity index (χ4n) is 2.53. The molecule has 1 aromatic rings. The van der Waals surface area contributed by atoms with E-state index in [1.165, 1.54) is 5.56 Å². The molecule has 1 saturated heterocycles. The maximum Gasteiger partial charge on any atom is 0.318 e. The Morgan fingerprint density at radius 3 is 2.42 bits per heavy atom. The highest BCUT2D eigenvalue weighted by Gasteiger charge is 2.21. The summed E-state index contributed by atoms with van der Waals surface area (Å²) < 4.78 is 0. The van der Waals surface area contributed by atoms with E-state index in [0.717, 1.165) is 25.9 Å². The first-order valence-electron chi connectivity index (χ1n) is 6.52. The van der Waals surface area contributed by atoms with E-state index >= 15 is 0 Å². The van der Waals surface area contributed by atoms with Crippen molar-refractivity contribution in [3.05, 3.63) is 35.9 Å². The molecule has 1 heterocycles. The van der Waals surface area contributed by atoms with Gasteiger partial charge in [0.05, 0.1) is 6.54 Å². The van der Waals surface area contributed by atoms with Crippen LogP contribution in [0.5, 0.6) is 0 Å². The van der Waals surface area contributed by atoms with Crippen molar-refractivity contribution in [3.63, 3.8) is 0 Å². The maximum atomic E-state index is 11.4. The standard InChI is InChI=1S/C14H19N3O2/c15-14(19)16-13(18)10-17-8-6-12(7-9-17)11-4-2-1-3-5-11/h1-5,12H,6-10H2,(H3,15,16,18,19). The first kappa shape index (κ1) is 13.5. The van der Waals surface area contributed by atoms with Gasteiger partial charge >= 0.3 is 6.03 Å². The summed E-state index contributed by atoms with van der Waals surface area (Å²) in [6.45, 7) is 1.97. The predicted octanol–water partition coefficient (Wildman–Crippen LogP) is 1.06. The number of amides is 3. The van der Waals surface area contributed by atoms with E-state index in [4.69, 9.17) is 5.73 Å². The molecule has 19 heavy (non-hydrogen) atoms. The molecule has 1 aliphatic rings. The van der Waals surface area contributed by atoms with Gasteiger partial charge in [0.25, 0.3) is 0 Å². The van der Waals surface area contributed by atoms with Gasteiger partial charge in [-0.2, -0.15) is 0 Å². The number of nitrogens with two attached hydrogens (primary N) is 1. The Morgan fingerprint density at radius 2 is 1.84 bits per heavy atom. The molecule has 0 saturated carbocycles. The summed E-state index contributed by atoms with van der Waals surface area (Å²) in [6, 6.07) is 9.65. The van der Waals surface area contributed by atoms with Crippen molar-refractivity contribution in [1.29, 1.82) is 0 Å². The van der Waals surface area contributed by atoms with Crippen molar-refractivity contribution in [1.82, 2.24) is 10.2 Å². The van der Waals surface area contributed by atoms with Gasteiger partial charge in [0.2, 0.25) is 5.91 Å². The first-order chi connectivity index (χ1) is 9.15. The van der Waals surface area contributed by atoms with E-state index in [1.807, 2.05) is 6.07 Å². The van der Waals surface area contributed by atoms with E-state index < -0.39 is 6.03 Å². The molecular weight excluding hydrogens is 242 g/mol. The lowest BCUT2D eigenvalue weighted by Gasteiger charge is -2.31. The van der Waals surface area contributed by atoms with Crippen LogP contribution < -0.4 is 11.1 Å². The number of likely N-dealkylation sites (tertiary alicyclic amines) is 1. The van der Waals surface area contributed by atoms with Crippen LogP contribution in [0.2, 0.25) is 0 Å². The van der Waals surface area contributed by atoms with Crippen LogP contribution in [0.4, 0.5) is 4.79 Å². The molecule has 5 heteroatoms. The number of urea groups is 1. The van der Waals surface area contributed by atoms with Crippen LogP contribution in [0.3, 0.4) is 0 Å². The number of carbonyl (C=O) groups excluding carboxylic acids is 2. The normalized spacial score (nSPS) is 17.1. The van der Waals surface area contributed by atoms with E-state index in [2.05, 4.69) is 34.5 Å². The third-order valence-corrected chi connectivity index (χ3v) is 3.49. The largest absolute Gasteiger partial charge is 0.351 e. The lowest BCUT2D eigenvalue weighted by Crippen LogP contribution is -2.44. The summed E-state index contributed by atoms with van der Waals surface area (Å²) in [7, 11) is 0. The van der Waals surface area contributed by atoms with Crippen LogP contribution in [-0.4, -0.2) is 36.5 Å². The Hall–Kier alpha value is -1.88. The Kier molecular flexibility index (Phi) is 4.52. The number of nitrogens with one attached hydrogen (secondary N) is 1. The Morgan fingerprint density at radius 1 is 1.21 bits per heavy atom. The summed E-state index contributed by atoms with van der Waals surface area (Å²) in [5.41, 5.74) is 6.27. The fraction of sp³-hybridized carbons (Fsp3) is 0.429. The SMILES string of the molecule is NC(=O)NC(=O)CN1CCC(c2ccccc2)CC1. The van der Waals surface area contributed by atoms with Crippen LogP contribution >= 0.6 is 0 Å². The molecule has 0 radical (unpaired) electrons. The molecule has 0 aromatic heterocycles. The van der Waals surface area contributed by atoms with Gasteiger partial charge in [-0.25, -0.2) is 4.79 Å². The van der Waals surface area contributed by atoms with E-state index in [1.54, 1.807) is 0 Å². The van der Waals surface area contributed by atoms with Gasteiger partial charge < -0.3 is 5.73 Å². The highest BCUT2D eigenvalue weighted by Crippen LogP contribution is 2.27. The van der Waals surface area contributed by atoms with E-state index in [0.29, 0.717) is 5.92 Å². The van der Waals surface area contributed by atoms with Crippen LogP contribution in [0.1, 0.15) is 24.3 Å². The average Bonchev–Trinajstić information content (AvgIpc) is 2.39. The third kappa shape index (κ3) is 4.06. The molecule has 0 spiro atoms. The maximum absolute atomic E-state index is 11.4. The molecule has 1 fully saturated rings. The second-order valence-electron chi connectivity index (χ2n) is 4.87. The smallest absolute Gasteiger partial charge is 0.318 e. The number of rotatable bonds is 3. The van der Waals surface area contributed by atoms with Gasteiger partial charge in [-0.1, -0.05) is 30.3 Å². The number of carbonyl (C=O) groups is 2. The summed E-state index contributed by atoms with van der Waals surface area (Å²) in [5, 5.41) is 2.09. The van der Waals surface area contributed by atoms with Crippen molar-refractivity contribution in [2.75, 3.05) is 19.6 Å². The highest BCUT2D eigenvalue weighted by atomic mass is 16.2. The van der Waals surface area contributed by atoms with Gasteiger partial charge in [0.1, 0.15) is 0 Å². The van der Waals surface area contributed by atoms with Gasteiger partial charge in [0, 0.05) is 0 Å². The van der Waals surface area contributed by atoms with E-state index in [9.17, 15) is 9.59 Å². The number of primary amides is 1. The zero-order chi connectivity index (χ0) is 13.7. The van der Waals surface area contributed by atoms with Gasteiger partial charge in [-0.05, 0) is 37.4 Å². The molecule has 102 valence electrons. The van der Waals surface area contributed by atoms with Crippen molar-refractivity contribution in [2.24, 2.45) is 5.73 Å². The Bertz CT molecular complexity index is 439. The molecular formula is C14H19N3O2. The lowest BCUT2D eigenvalue weighted by atomic mass is 9.89. The van der Waals surface area contributed by atoms with Crippen molar-refractivity contribution >= 4 is 11.9 Å². The fourth-order valence-corrected chi connectivity index (χ4v) is 2.53.